The standard InChI is InChI=1S/C7H7F10O3P/c1-2-3-21(18,19-6(14,15)4(8,9)10)20-7(16,17)5(11,12)13/h2-3H2,1H3. The van der Waals surface area contributed by atoms with Crippen LogP contribution in [-0.2, 0) is 13.6 Å². The number of halogens is 10. The largest absolute Gasteiger partial charge is 0.483 e. The van der Waals surface area contributed by atoms with Gasteiger partial charge in [-0.2, -0.15) is 43.9 Å². The Balaban J connectivity index is 5.44. The van der Waals surface area contributed by atoms with Crippen LogP contribution in [0.15, 0.2) is 0 Å². The predicted molar refractivity (Wildman–Crippen MR) is 46.9 cm³/mol. The molecule has 0 bridgehead atoms. The third kappa shape index (κ3) is 5.29. The number of alkyl halides is 10. The Hall–Kier alpha value is -0.550. The molecule has 0 fully saturated rings. The number of rotatable bonds is 6. The summed E-state index contributed by atoms with van der Waals surface area (Å²) >= 11 is 0. The van der Waals surface area contributed by atoms with Gasteiger partial charge in [-0.3, -0.25) is 4.57 Å². The Labute approximate surface area is 110 Å². The highest BCUT2D eigenvalue weighted by Crippen LogP contribution is 2.60. The summed E-state index contributed by atoms with van der Waals surface area (Å²) in [5.41, 5.74) is 0. The van der Waals surface area contributed by atoms with Crippen LogP contribution in [0.1, 0.15) is 13.3 Å². The third-order valence-corrected chi connectivity index (χ3v) is 3.67. The summed E-state index contributed by atoms with van der Waals surface area (Å²) < 4.78 is 137. The van der Waals surface area contributed by atoms with E-state index in [2.05, 4.69) is 9.05 Å². The zero-order valence-electron chi connectivity index (χ0n) is 9.87. The van der Waals surface area contributed by atoms with Gasteiger partial charge in [-0.1, -0.05) is 6.92 Å². The number of hydrogen-bond donors (Lipinski definition) is 0. The van der Waals surface area contributed by atoms with Crippen LogP contribution in [0.3, 0.4) is 0 Å². The van der Waals surface area contributed by atoms with Crippen LogP contribution < -0.4 is 0 Å². The second-order valence-electron chi connectivity index (χ2n) is 3.55. The van der Waals surface area contributed by atoms with E-state index in [1.807, 2.05) is 0 Å². The molecule has 0 saturated heterocycles. The van der Waals surface area contributed by atoms with E-state index >= 15 is 0 Å². The highest BCUT2D eigenvalue weighted by Gasteiger charge is 2.67. The fourth-order valence-electron chi connectivity index (χ4n) is 0.837. The Kier molecular flexibility index (Phi) is 5.76. The molecule has 0 unspecified atom stereocenters. The highest BCUT2D eigenvalue weighted by molar-refractivity contribution is 7.53. The first-order chi connectivity index (χ1) is 8.97. The molecule has 21 heavy (non-hydrogen) atoms. The smallest absolute Gasteiger partial charge is 0.260 e. The molecule has 0 N–H and O–H groups in total. The minimum absolute atomic E-state index is 0.626. The first-order valence-electron chi connectivity index (χ1n) is 4.87. The summed E-state index contributed by atoms with van der Waals surface area (Å²) in [6.07, 6.45) is -27.5. The molecule has 0 aromatic carbocycles. The topological polar surface area (TPSA) is 35.5 Å². The maximum Gasteiger partial charge on any atom is 0.483 e. The lowest BCUT2D eigenvalue weighted by Gasteiger charge is -2.28. The van der Waals surface area contributed by atoms with Crippen LogP contribution in [-0.4, -0.2) is 30.7 Å². The lowest BCUT2D eigenvalue weighted by Crippen LogP contribution is -2.42. The lowest BCUT2D eigenvalue weighted by atomic mass is 10.6. The molecule has 128 valence electrons. The van der Waals surface area contributed by atoms with Gasteiger partial charge in [0.15, 0.2) is 0 Å². The van der Waals surface area contributed by atoms with Gasteiger partial charge in [0.1, 0.15) is 0 Å². The molecule has 0 aromatic heterocycles. The molecule has 0 aromatic rings. The van der Waals surface area contributed by atoms with Gasteiger partial charge >= 0.3 is 32.2 Å². The Morgan fingerprint density at radius 3 is 1.24 bits per heavy atom. The molecule has 0 rings (SSSR count). The van der Waals surface area contributed by atoms with Crippen molar-refractivity contribution in [3.63, 3.8) is 0 Å². The van der Waals surface area contributed by atoms with Crippen LogP contribution in [0.25, 0.3) is 0 Å². The zero-order chi connectivity index (χ0) is 17.3. The van der Waals surface area contributed by atoms with Gasteiger partial charge in [0.2, 0.25) is 0 Å². The maximum atomic E-state index is 12.5. The highest BCUT2D eigenvalue weighted by atomic mass is 31.2. The molecule has 0 atom stereocenters. The van der Waals surface area contributed by atoms with E-state index in [0.717, 1.165) is 6.92 Å². The van der Waals surface area contributed by atoms with Crippen molar-refractivity contribution in [3.8, 4) is 0 Å². The Morgan fingerprint density at radius 2 is 1.05 bits per heavy atom. The second kappa shape index (κ2) is 5.92. The first kappa shape index (κ1) is 20.5. The number of hydrogen-bond acceptors (Lipinski definition) is 3. The van der Waals surface area contributed by atoms with Gasteiger partial charge in [0.05, 0.1) is 6.16 Å². The van der Waals surface area contributed by atoms with E-state index in [1.165, 1.54) is 0 Å². The molecular formula is C7H7F10O3P. The van der Waals surface area contributed by atoms with Gasteiger partial charge in [0, 0.05) is 0 Å². The van der Waals surface area contributed by atoms with E-state index in [0.29, 0.717) is 0 Å². The second-order valence-corrected chi connectivity index (χ2v) is 5.58. The molecule has 0 aliphatic rings. The van der Waals surface area contributed by atoms with Crippen LogP contribution in [0.2, 0.25) is 0 Å². The van der Waals surface area contributed by atoms with Crippen molar-refractivity contribution in [2.24, 2.45) is 0 Å². The summed E-state index contributed by atoms with van der Waals surface area (Å²) in [5, 5.41) is 0. The maximum absolute atomic E-state index is 12.5. The van der Waals surface area contributed by atoms with Crippen LogP contribution in [0.5, 0.6) is 0 Å². The molecule has 0 amide bonds. The van der Waals surface area contributed by atoms with Crippen molar-refractivity contribution in [1.82, 2.24) is 0 Å². The van der Waals surface area contributed by atoms with Crippen molar-refractivity contribution in [3.05, 3.63) is 0 Å². The molecule has 0 saturated carbocycles. The van der Waals surface area contributed by atoms with Crippen LogP contribution >= 0.6 is 7.60 Å². The monoisotopic (exact) mass is 360 g/mol. The Morgan fingerprint density at radius 1 is 0.762 bits per heavy atom. The summed E-state index contributed by atoms with van der Waals surface area (Å²) in [6, 6.07) is 0. The van der Waals surface area contributed by atoms with Gasteiger partial charge < -0.3 is 0 Å². The van der Waals surface area contributed by atoms with Crippen molar-refractivity contribution in [1.29, 1.82) is 0 Å². The molecular weight excluding hydrogens is 353 g/mol. The molecule has 3 nitrogen and oxygen atoms in total. The minimum Gasteiger partial charge on any atom is -0.260 e. The van der Waals surface area contributed by atoms with E-state index in [9.17, 15) is 48.5 Å². The van der Waals surface area contributed by atoms with Gasteiger partial charge in [0.25, 0.3) is 0 Å². The fraction of sp³-hybridized carbons (Fsp3) is 1.00. The molecule has 0 aliphatic heterocycles. The third-order valence-electron chi connectivity index (χ3n) is 1.66. The van der Waals surface area contributed by atoms with E-state index < -0.39 is 44.7 Å². The van der Waals surface area contributed by atoms with Crippen LogP contribution in [0, 0.1) is 0 Å². The quantitative estimate of drug-likeness (QED) is 0.498. The molecule has 0 radical (unpaired) electrons. The van der Waals surface area contributed by atoms with E-state index in [1.54, 1.807) is 0 Å². The van der Waals surface area contributed by atoms with Crippen LogP contribution in [0.4, 0.5) is 43.9 Å². The van der Waals surface area contributed by atoms with Crippen molar-refractivity contribution in [2.45, 2.75) is 37.9 Å². The average molecular weight is 360 g/mol. The summed E-state index contributed by atoms with van der Waals surface area (Å²) in [7, 11) is -6.10. The van der Waals surface area contributed by atoms with Gasteiger partial charge in [-0.15, -0.1) is 0 Å². The predicted octanol–water partition coefficient (Wildman–Crippen LogP) is 4.93. The van der Waals surface area contributed by atoms with E-state index in [-0.39, 0.29) is 0 Å². The molecule has 14 heteroatoms. The minimum atomic E-state index is -6.48. The molecule has 0 heterocycles. The molecule has 0 aliphatic carbocycles. The average Bonchev–Trinajstić information content (AvgIpc) is 2.10. The normalized spacial score (nSPS) is 15.4. The lowest BCUT2D eigenvalue weighted by molar-refractivity contribution is -0.381. The fourth-order valence-corrected chi connectivity index (χ4v) is 2.51. The van der Waals surface area contributed by atoms with Gasteiger partial charge in [-0.25, -0.2) is 9.05 Å². The Bertz CT molecular complexity index is 368. The summed E-state index contributed by atoms with van der Waals surface area (Å²) in [5.74, 6) is 0. The van der Waals surface area contributed by atoms with Gasteiger partial charge in [-0.05, 0) is 6.42 Å². The first-order valence-corrected chi connectivity index (χ1v) is 6.60. The van der Waals surface area contributed by atoms with Crippen molar-refractivity contribution in [2.75, 3.05) is 6.16 Å². The molecule has 0 spiro atoms. The van der Waals surface area contributed by atoms with E-state index in [4.69, 9.17) is 0 Å². The summed E-state index contributed by atoms with van der Waals surface area (Å²) in [4.78, 5) is 0. The summed E-state index contributed by atoms with van der Waals surface area (Å²) in [6.45, 7) is 0.955. The van der Waals surface area contributed by atoms with Crippen molar-refractivity contribution >= 4 is 7.60 Å². The SMILES string of the molecule is CCCP(=O)(OC(F)(F)C(F)(F)F)OC(F)(F)C(F)(F)F. The zero-order valence-corrected chi connectivity index (χ0v) is 10.8. The van der Waals surface area contributed by atoms with Crippen molar-refractivity contribution < 1.29 is 57.5 Å².